The summed E-state index contributed by atoms with van der Waals surface area (Å²) in [7, 11) is 0. The van der Waals surface area contributed by atoms with Crippen molar-refractivity contribution in [2.24, 2.45) is 0 Å². The highest BCUT2D eigenvalue weighted by Crippen LogP contribution is 2.38. The van der Waals surface area contributed by atoms with E-state index in [0.29, 0.717) is 6.54 Å². The van der Waals surface area contributed by atoms with Crippen LogP contribution < -0.4 is 10.1 Å². The molecule has 4 nitrogen and oxygen atoms in total. The second kappa shape index (κ2) is 6.48. The number of ether oxygens (including phenoxy) is 1. The van der Waals surface area contributed by atoms with Crippen molar-refractivity contribution in [2.45, 2.75) is 31.8 Å². The van der Waals surface area contributed by atoms with Crippen molar-refractivity contribution in [1.29, 1.82) is 0 Å². The lowest BCUT2D eigenvalue weighted by Crippen LogP contribution is -2.35. The Balaban J connectivity index is 1.45. The third kappa shape index (κ3) is 2.92. The summed E-state index contributed by atoms with van der Waals surface area (Å²) >= 11 is 0. The summed E-state index contributed by atoms with van der Waals surface area (Å²) in [6.07, 6.45) is 9.44. The minimum Gasteiger partial charge on any atom is -0.487 e. The summed E-state index contributed by atoms with van der Waals surface area (Å²) in [5.74, 6) is 0.990. The normalized spacial score (nSPS) is 18.7. The third-order valence-corrected chi connectivity index (χ3v) is 4.64. The minimum absolute atomic E-state index is 0.00561. The highest BCUT2D eigenvalue weighted by atomic mass is 16.5. The first-order chi connectivity index (χ1) is 11.8. The van der Waals surface area contributed by atoms with Gasteiger partial charge in [0.15, 0.2) is 0 Å². The van der Waals surface area contributed by atoms with Gasteiger partial charge in [-0.05, 0) is 42.5 Å². The number of rotatable bonds is 4. The molecule has 2 aliphatic rings. The van der Waals surface area contributed by atoms with E-state index in [1.165, 1.54) is 5.56 Å². The number of fused-ring (bicyclic) bond motifs is 1. The molecular weight excluding hydrogens is 300 g/mol. The molecule has 4 heteroatoms. The van der Waals surface area contributed by atoms with E-state index in [9.17, 15) is 4.79 Å². The number of nitrogens with one attached hydrogen (secondary N) is 1. The Morgan fingerprint density at radius 3 is 2.92 bits per heavy atom. The van der Waals surface area contributed by atoms with Gasteiger partial charge in [-0.15, -0.1) is 0 Å². The molecule has 2 aromatic rings. The second-order valence-electron chi connectivity index (χ2n) is 6.31. The van der Waals surface area contributed by atoms with Gasteiger partial charge in [0, 0.05) is 30.0 Å². The number of para-hydroxylation sites is 1. The monoisotopic (exact) mass is 320 g/mol. The molecule has 0 fully saturated rings. The zero-order valence-electron chi connectivity index (χ0n) is 13.5. The van der Waals surface area contributed by atoms with Gasteiger partial charge in [0.25, 0.3) is 0 Å². The Bertz CT molecular complexity index is 783. The maximum atomic E-state index is 12.1. The van der Waals surface area contributed by atoms with Crippen molar-refractivity contribution in [3.05, 3.63) is 59.9 Å². The van der Waals surface area contributed by atoms with Gasteiger partial charge in [-0.3, -0.25) is 9.78 Å². The molecule has 0 saturated carbocycles. The number of benzene rings is 1. The van der Waals surface area contributed by atoms with Crippen molar-refractivity contribution in [3.8, 4) is 16.9 Å². The van der Waals surface area contributed by atoms with Crippen LogP contribution in [-0.4, -0.2) is 23.5 Å². The molecule has 1 atom stereocenters. The molecule has 1 amide bonds. The van der Waals surface area contributed by atoms with Crippen LogP contribution in [-0.2, 0) is 11.2 Å². The summed E-state index contributed by atoms with van der Waals surface area (Å²) in [6.45, 7) is 0.542. The van der Waals surface area contributed by atoms with Gasteiger partial charge >= 0.3 is 0 Å². The van der Waals surface area contributed by atoms with E-state index in [1.54, 1.807) is 12.4 Å². The van der Waals surface area contributed by atoms with Crippen molar-refractivity contribution in [1.82, 2.24) is 10.3 Å². The number of aromatic nitrogens is 1. The second-order valence-corrected chi connectivity index (χ2v) is 6.31. The molecule has 0 saturated heterocycles. The van der Waals surface area contributed by atoms with E-state index in [4.69, 9.17) is 4.74 Å². The Hall–Kier alpha value is -2.62. The average Bonchev–Trinajstić information content (AvgIpc) is 3.29. The molecule has 0 bridgehead atoms. The Kier molecular flexibility index (Phi) is 4.03. The van der Waals surface area contributed by atoms with E-state index in [1.807, 2.05) is 18.2 Å². The first-order valence-electron chi connectivity index (χ1n) is 8.47. The minimum atomic E-state index is -0.00561. The quantitative estimate of drug-likeness (QED) is 0.940. The molecule has 2 heterocycles. The Labute approximate surface area is 141 Å². The highest BCUT2D eigenvalue weighted by molar-refractivity contribution is 5.93. The van der Waals surface area contributed by atoms with Gasteiger partial charge in [-0.25, -0.2) is 0 Å². The number of nitrogens with zero attached hydrogens (tertiary/aromatic N) is 1. The van der Waals surface area contributed by atoms with E-state index in [-0.39, 0.29) is 12.0 Å². The molecule has 1 aliphatic heterocycles. The van der Waals surface area contributed by atoms with Gasteiger partial charge in [-0.1, -0.05) is 24.3 Å². The fourth-order valence-corrected chi connectivity index (χ4v) is 3.41. The van der Waals surface area contributed by atoms with E-state index < -0.39 is 0 Å². The van der Waals surface area contributed by atoms with Crippen LogP contribution >= 0.6 is 0 Å². The first-order valence-corrected chi connectivity index (χ1v) is 8.47. The molecule has 1 N–H and O–H groups in total. The number of pyridine rings is 1. The highest BCUT2D eigenvalue weighted by Gasteiger charge is 2.26. The van der Waals surface area contributed by atoms with Gasteiger partial charge in [0.1, 0.15) is 11.9 Å². The van der Waals surface area contributed by atoms with Gasteiger partial charge in [0.05, 0.1) is 6.54 Å². The van der Waals surface area contributed by atoms with Crippen molar-refractivity contribution < 1.29 is 9.53 Å². The van der Waals surface area contributed by atoms with Gasteiger partial charge < -0.3 is 10.1 Å². The van der Waals surface area contributed by atoms with Gasteiger partial charge in [-0.2, -0.15) is 0 Å². The fourth-order valence-electron chi connectivity index (χ4n) is 3.41. The van der Waals surface area contributed by atoms with Crippen LogP contribution in [0.2, 0.25) is 0 Å². The van der Waals surface area contributed by atoms with Crippen LogP contribution in [0.3, 0.4) is 0 Å². The molecule has 24 heavy (non-hydrogen) atoms. The first kappa shape index (κ1) is 14.9. The number of amides is 1. The van der Waals surface area contributed by atoms with Crippen molar-refractivity contribution in [3.63, 3.8) is 0 Å². The predicted molar refractivity (Wildman–Crippen MR) is 92.7 cm³/mol. The van der Waals surface area contributed by atoms with E-state index in [0.717, 1.165) is 48.1 Å². The number of hydrogen-bond donors (Lipinski definition) is 1. The van der Waals surface area contributed by atoms with E-state index in [2.05, 4.69) is 28.5 Å². The lowest BCUT2D eigenvalue weighted by atomic mass is 10.0. The fraction of sp³-hybridized carbons (Fsp3) is 0.300. The molecule has 1 unspecified atom stereocenters. The van der Waals surface area contributed by atoms with Crippen LogP contribution in [0.25, 0.3) is 11.1 Å². The summed E-state index contributed by atoms with van der Waals surface area (Å²) in [4.78, 5) is 16.2. The topological polar surface area (TPSA) is 51.2 Å². The van der Waals surface area contributed by atoms with E-state index >= 15 is 0 Å². The number of hydrogen-bond acceptors (Lipinski definition) is 3. The van der Waals surface area contributed by atoms with Crippen LogP contribution in [0, 0.1) is 0 Å². The van der Waals surface area contributed by atoms with Crippen LogP contribution in [0.15, 0.2) is 54.4 Å². The zero-order chi connectivity index (χ0) is 16.4. The van der Waals surface area contributed by atoms with Crippen LogP contribution in [0.1, 0.15) is 24.8 Å². The molecular formula is C20H20N2O2. The SMILES string of the molecule is O=C(NCC1Cc2cccc(-c3ccncc3)c2O1)C1=CCCC1. The van der Waals surface area contributed by atoms with Crippen molar-refractivity contribution in [2.75, 3.05) is 6.54 Å². The standard InChI is InChI=1S/C20H20N2O2/c23-20(15-4-1-2-5-15)22-13-17-12-16-6-3-7-18(19(16)24-17)14-8-10-21-11-9-14/h3-4,6-11,17H,1-2,5,12-13H2,(H,22,23). The number of carbonyl (C=O) groups is 1. The predicted octanol–water partition coefficient (Wildman–Crippen LogP) is 3.28. The lowest BCUT2D eigenvalue weighted by Gasteiger charge is -2.14. The number of carbonyl (C=O) groups excluding carboxylic acids is 1. The number of allylic oxidation sites excluding steroid dienone is 1. The Morgan fingerprint density at radius 2 is 2.12 bits per heavy atom. The summed E-state index contributed by atoms with van der Waals surface area (Å²) < 4.78 is 6.15. The molecule has 122 valence electrons. The molecule has 4 rings (SSSR count). The summed E-state index contributed by atoms with van der Waals surface area (Å²) in [6, 6.07) is 10.2. The summed E-state index contributed by atoms with van der Waals surface area (Å²) in [5, 5.41) is 3.02. The molecule has 1 aliphatic carbocycles. The molecule has 0 spiro atoms. The zero-order valence-corrected chi connectivity index (χ0v) is 13.5. The average molecular weight is 320 g/mol. The molecule has 0 radical (unpaired) electrons. The smallest absolute Gasteiger partial charge is 0.247 e. The van der Waals surface area contributed by atoms with Gasteiger partial charge in [0.2, 0.25) is 5.91 Å². The Morgan fingerprint density at radius 1 is 1.25 bits per heavy atom. The lowest BCUT2D eigenvalue weighted by molar-refractivity contribution is -0.117. The maximum Gasteiger partial charge on any atom is 0.247 e. The van der Waals surface area contributed by atoms with Crippen LogP contribution in [0.4, 0.5) is 0 Å². The van der Waals surface area contributed by atoms with Crippen LogP contribution in [0.5, 0.6) is 5.75 Å². The van der Waals surface area contributed by atoms with Crippen molar-refractivity contribution >= 4 is 5.91 Å². The molecule has 1 aromatic heterocycles. The maximum absolute atomic E-state index is 12.1. The molecule has 1 aromatic carbocycles. The largest absolute Gasteiger partial charge is 0.487 e. The third-order valence-electron chi connectivity index (χ3n) is 4.64. The summed E-state index contributed by atoms with van der Waals surface area (Å²) in [5.41, 5.74) is 4.30.